The van der Waals surface area contributed by atoms with E-state index in [0.717, 1.165) is 24.2 Å². The van der Waals surface area contributed by atoms with Crippen LogP contribution < -0.4 is 9.80 Å². The lowest BCUT2D eigenvalue weighted by Gasteiger charge is -2.37. The number of benzene rings is 13. The molecule has 3 unspecified atom stereocenters. The number of hydrogen-bond donors (Lipinski definition) is 0. The summed E-state index contributed by atoms with van der Waals surface area (Å²) in [4.78, 5) is 5.20. The van der Waals surface area contributed by atoms with Gasteiger partial charge in [-0.15, -0.1) is 0 Å². The molecule has 76 heavy (non-hydrogen) atoms. The van der Waals surface area contributed by atoms with Crippen LogP contribution in [0.2, 0.25) is 0 Å². The van der Waals surface area contributed by atoms with Gasteiger partial charge in [0.1, 0.15) is 0 Å². The molecule has 0 spiro atoms. The number of para-hydroxylation sites is 1. The summed E-state index contributed by atoms with van der Waals surface area (Å²) in [7, 11) is 0. The van der Waals surface area contributed by atoms with Crippen molar-refractivity contribution < 1.29 is 0 Å². The Morgan fingerprint density at radius 1 is 0.355 bits per heavy atom. The molecule has 1 saturated carbocycles. The van der Waals surface area contributed by atoms with Crippen molar-refractivity contribution in [2.45, 2.75) is 37.1 Å². The lowest BCUT2D eigenvalue weighted by molar-refractivity contribution is 0.361. The summed E-state index contributed by atoms with van der Waals surface area (Å²) in [6.07, 6.45) is 3.46. The van der Waals surface area contributed by atoms with Crippen LogP contribution in [0.25, 0.3) is 87.2 Å². The van der Waals surface area contributed by atoms with Crippen LogP contribution in [0.15, 0.2) is 273 Å². The molecule has 0 amide bonds. The van der Waals surface area contributed by atoms with E-state index < -0.39 is 0 Å². The van der Waals surface area contributed by atoms with Crippen LogP contribution in [-0.4, -0.2) is 6.04 Å². The first kappa shape index (κ1) is 44.3. The van der Waals surface area contributed by atoms with E-state index in [-0.39, 0.29) is 0 Å². The van der Waals surface area contributed by atoms with E-state index in [4.69, 9.17) is 0 Å². The van der Waals surface area contributed by atoms with Gasteiger partial charge in [0.25, 0.3) is 0 Å². The molecule has 2 nitrogen and oxygen atoms in total. The predicted octanol–water partition coefficient (Wildman–Crippen LogP) is 20.5. The van der Waals surface area contributed by atoms with Crippen LogP contribution in [0.4, 0.5) is 28.4 Å². The Morgan fingerprint density at radius 2 is 0.842 bits per heavy atom. The van der Waals surface area contributed by atoms with Gasteiger partial charge >= 0.3 is 0 Å². The molecule has 1 fully saturated rings. The van der Waals surface area contributed by atoms with Gasteiger partial charge in [0.2, 0.25) is 0 Å². The Hall–Kier alpha value is -9.24. The molecule has 13 aromatic carbocycles. The van der Waals surface area contributed by atoms with E-state index in [1.54, 1.807) is 0 Å². The molecule has 15 rings (SSSR count). The van der Waals surface area contributed by atoms with Gasteiger partial charge in [0, 0.05) is 45.5 Å². The van der Waals surface area contributed by atoms with Crippen molar-refractivity contribution in [1.29, 1.82) is 0 Å². The van der Waals surface area contributed by atoms with Crippen LogP contribution in [0.5, 0.6) is 0 Å². The van der Waals surface area contributed by atoms with Gasteiger partial charge in [-0.05, 0) is 161 Å². The van der Waals surface area contributed by atoms with Gasteiger partial charge in [0.15, 0.2) is 0 Å². The van der Waals surface area contributed by atoms with Crippen LogP contribution in [0, 0.1) is 0 Å². The van der Waals surface area contributed by atoms with Crippen LogP contribution in [0.1, 0.15) is 42.2 Å². The quantitative estimate of drug-likeness (QED) is 0.140. The van der Waals surface area contributed by atoms with E-state index in [1.807, 2.05) is 0 Å². The predicted molar refractivity (Wildman–Crippen MR) is 323 cm³/mol. The molecule has 0 bridgehead atoms. The zero-order chi connectivity index (χ0) is 50.1. The molecule has 1 aliphatic carbocycles. The first-order chi connectivity index (χ1) is 37.7. The van der Waals surface area contributed by atoms with E-state index in [0.29, 0.717) is 17.9 Å². The first-order valence-corrected chi connectivity index (χ1v) is 27.1. The van der Waals surface area contributed by atoms with Gasteiger partial charge in [-0.2, -0.15) is 0 Å². The number of anilines is 5. The van der Waals surface area contributed by atoms with Crippen molar-refractivity contribution in [2.75, 3.05) is 9.80 Å². The summed E-state index contributed by atoms with van der Waals surface area (Å²) < 4.78 is 0. The normalized spacial score (nSPS) is 16.1. The number of nitrogens with zero attached hydrogens (tertiary/aromatic N) is 2. The fraction of sp³-hybridized carbons (Fsp3) is 0.0811. The molecule has 360 valence electrons. The third-order valence-corrected chi connectivity index (χ3v) is 17.0. The van der Waals surface area contributed by atoms with E-state index in [1.165, 1.54) is 122 Å². The van der Waals surface area contributed by atoms with Crippen LogP contribution in [-0.2, 0) is 0 Å². The van der Waals surface area contributed by atoms with Gasteiger partial charge in [-0.25, -0.2) is 0 Å². The highest BCUT2D eigenvalue weighted by molar-refractivity contribution is 6.31. The van der Waals surface area contributed by atoms with E-state index >= 15 is 0 Å². The maximum atomic E-state index is 2.69. The van der Waals surface area contributed by atoms with Crippen molar-refractivity contribution in [3.63, 3.8) is 0 Å². The maximum absolute atomic E-state index is 2.69. The van der Waals surface area contributed by atoms with Crippen molar-refractivity contribution in [3.05, 3.63) is 284 Å². The molecular weight excluding hydrogens is 917 g/mol. The van der Waals surface area contributed by atoms with Crippen LogP contribution >= 0.6 is 0 Å². The first-order valence-electron chi connectivity index (χ1n) is 27.1. The third kappa shape index (κ3) is 7.16. The zero-order valence-corrected chi connectivity index (χ0v) is 42.2. The van der Waals surface area contributed by atoms with Gasteiger partial charge in [-0.3, -0.25) is 0 Å². The summed E-state index contributed by atoms with van der Waals surface area (Å²) in [6.45, 7) is 0. The van der Waals surface area contributed by atoms with E-state index in [2.05, 4.69) is 283 Å². The summed E-state index contributed by atoms with van der Waals surface area (Å²) in [5.41, 5.74) is 16.6. The fourth-order valence-electron chi connectivity index (χ4n) is 13.7. The van der Waals surface area contributed by atoms with Crippen molar-refractivity contribution in [3.8, 4) is 33.4 Å². The second-order valence-electron chi connectivity index (χ2n) is 21.0. The second-order valence-corrected chi connectivity index (χ2v) is 21.0. The summed E-state index contributed by atoms with van der Waals surface area (Å²) in [5.74, 6) is 0.971. The summed E-state index contributed by atoms with van der Waals surface area (Å²) in [6, 6.07) is 102. The Kier molecular flexibility index (Phi) is 10.7. The molecular formula is C74H54N2. The highest BCUT2D eigenvalue weighted by Gasteiger charge is 2.43. The summed E-state index contributed by atoms with van der Waals surface area (Å²) in [5, 5.41) is 12.4. The standard InChI is InChI=1S/C74H54N2/c1-4-21-49(22-5-1)52-39-45-69-67(47-52)68-48-53(50-23-6-2-7-24-50)40-46-70(68)76(69)56-43-41-55(42-44-56)75(54-27-8-3-9-28-54)74-65-36-18-16-34-63(65)73(64-35-17-19-37-66(64)74)72-61-32-14-12-30-59(61)71(60-31-13-15-33-62(60)72)58-38-20-26-51-25-10-11-29-57(51)58/h1-39,41-45,47,53,68,70H,40,46,48H2. The van der Waals surface area contributed by atoms with Crippen molar-refractivity contribution in [2.24, 2.45) is 0 Å². The minimum absolute atomic E-state index is 0.380. The number of hydrogen-bond acceptors (Lipinski definition) is 2. The monoisotopic (exact) mass is 970 g/mol. The molecule has 0 aromatic heterocycles. The van der Waals surface area contributed by atoms with Crippen molar-refractivity contribution >= 4 is 82.3 Å². The topological polar surface area (TPSA) is 6.48 Å². The second kappa shape index (κ2) is 18.3. The molecule has 0 saturated heterocycles. The molecule has 3 atom stereocenters. The Labute approximate surface area is 444 Å². The molecule has 0 radical (unpaired) electrons. The number of rotatable bonds is 8. The van der Waals surface area contributed by atoms with Gasteiger partial charge in [-0.1, -0.05) is 224 Å². The lowest BCUT2D eigenvalue weighted by Crippen LogP contribution is -2.34. The Bertz CT molecular complexity index is 4220. The minimum atomic E-state index is 0.380. The van der Waals surface area contributed by atoms with Gasteiger partial charge < -0.3 is 9.80 Å². The average Bonchev–Trinajstić information content (AvgIpc) is 3.83. The molecule has 1 aliphatic heterocycles. The smallest absolute Gasteiger partial charge is 0.0618 e. The molecule has 2 aliphatic rings. The SMILES string of the molecule is c1ccc(-c2ccc3c(c2)C2CC(c4ccccc4)CCC2N3c2ccc(N(c3ccccc3)c3c4ccccc4c(-c4c5ccccc5c(-c5cccc6ccccc56)c5ccccc45)c4ccccc34)cc2)cc1. The maximum Gasteiger partial charge on any atom is 0.0618 e. The third-order valence-electron chi connectivity index (χ3n) is 17.0. The minimum Gasteiger partial charge on any atom is -0.338 e. The largest absolute Gasteiger partial charge is 0.338 e. The Balaban J connectivity index is 0.905. The lowest BCUT2D eigenvalue weighted by atomic mass is 9.73. The molecule has 1 heterocycles. The number of fused-ring (bicyclic) bond motifs is 8. The summed E-state index contributed by atoms with van der Waals surface area (Å²) >= 11 is 0. The van der Waals surface area contributed by atoms with Crippen molar-refractivity contribution in [1.82, 2.24) is 0 Å². The average molecular weight is 971 g/mol. The molecule has 0 N–H and O–H groups in total. The highest BCUT2D eigenvalue weighted by atomic mass is 15.2. The highest BCUT2D eigenvalue weighted by Crippen LogP contribution is 2.56. The van der Waals surface area contributed by atoms with Gasteiger partial charge in [0.05, 0.1) is 5.69 Å². The van der Waals surface area contributed by atoms with Crippen LogP contribution in [0.3, 0.4) is 0 Å². The molecule has 13 aromatic rings. The Morgan fingerprint density at radius 3 is 1.46 bits per heavy atom. The zero-order valence-electron chi connectivity index (χ0n) is 42.2. The fourth-order valence-corrected chi connectivity index (χ4v) is 13.7. The molecule has 2 heteroatoms. The van der Waals surface area contributed by atoms with E-state index in [9.17, 15) is 0 Å².